The van der Waals surface area contributed by atoms with Crippen LogP contribution >= 0.6 is 11.8 Å². The maximum absolute atomic E-state index is 4.48. The van der Waals surface area contributed by atoms with Crippen molar-refractivity contribution in [3.05, 3.63) is 11.9 Å². The summed E-state index contributed by atoms with van der Waals surface area (Å²) in [6.45, 7) is 8.50. The molecule has 0 atom stereocenters. The molecule has 0 saturated heterocycles. The molecule has 0 radical (unpaired) electrons. The number of anilines is 1. The van der Waals surface area contributed by atoms with Crippen LogP contribution in [-0.4, -0.2) is 28.1 Å². The molecule has 0 aliphatic heterocycles. The van der Waals surface area contributed by atoms with Crippen molar-refractivity contribution in [1.29, 1.82) is 0 Å². The molecular formula is C11H21N3S. The van der Waals surface area contributed by atoms with Crippen molar-refractivity contribution in [2.24, 2.45) is 5.92 Å². The van der Waals surface area contributed by atoms with Gasteiger partial charge in [-0.15, -0.1) is 0 Å². The van der Waals surface area contributed by atoms with Crippen molar-refractivity contribution >= 4 is 17.7 Å². The van der Waals surface area contributed by atoms with Gasteiger partial charge in [-0.05, 0) is 19.1 Å². The maximum Gasteiger partial charge on any atom is 0.203 e. The first-order valence-electron chi connectivity index (χ1n) is 5.40. The molecule has 1 heterocycles. The van der Waals surface area contributed by atoms with Crippen LogP contribution in [0.4, 0.5) is 5.95 Å². The van der Waals surface area contributed by atoms with Crippen molar-refractivity contribution in [3.8, 4) is 0 Å². The third-order valence-corrected chi connectivity index (χ3v) is 2.66. The van der Waals surface area contributed by atoms with E-state index in [9.17, 15) is 0 Å². The lowest BCUT2D eigenvalue weighted by molar-refractivity contribution is 0.526. The lowest BCUT2D eigenvalue weighted by Gasteiger charge is -2.11. The second-order valence-corrected chi connectivity index (χ2v) is 5.16. The van der Waals surface area contributed by atoms with Crippen molar-refractivity contribution < 1.29 is 0 Å². The SMILES string of the molecule is CSCCNc1nc(C)cn1CC(C)C. The largest absolute Gasteiger partial charge is 0.355 e. The highest BCUT2D eigenvalue weighted by Crippen LogP contribution is 2.11. The minimum absolute atomic E-state index is 0.653. The second kappa shape index (κ2) is 6.05. The maximum atomic E-state index is 4.48. The van der Waals surface area contributed by atoms with Crippen molar-refractivity contribution in [2.75, 3.05) is 23.9 Å². The lowest BCUT2D eigenvalue weighted by atomic mass is 10.2. The molecule has 1 N–H and O–H groups in total. The highest BCUT2D eigenvalue weighted by atomic mass is 32.2. The van der Waals surface area contributed by atoms with Gasteiger partial charge in [0.15, 0.2) is 0 Å². The summed E-state index contributed by atoms with van der Waals surface area (Å²) in [7, 11) is 0. The van der Waals surface area contributed by atoms with Crippen LogP contribution in [-0.2, 0) is 6.54 Å². The fourth-order valence-electron chi connectivity index (χ4n) is 1.49. The first-order chi connectivity index (χ1) is 7.13. The van der Waals surface area contributed by atoms with E-state index in [2.05, 4.69) is 41.2 Å². The van der Waals surface area contributed by atoms with Crippen LogP contribution in [0.5, 0.6) is 0 Å². The molecule has 86 valence electrons. The van der Waals surface area contributed by atoms with Gasteiger partial charge in [-0.3, -0.25) is 0 Å². The van der Waals surface area contributed by atoms with Gasteiger partial charge in [0, 0.05) is 25.0 Å². The zero-order chi connectivity index (χ0) is 11.3. The van der Waals surface area contributed by atoms with Crippen LogP contribution in [0.1, 0.15) is 19.5 Å². The van der Waals surface area contributed by atoms with Crippen LogP contribution in [0.15, 0.2) is 6.20 Å². The van der Waals surface area contributed by atoms with Crippen LogP contribution in [0.2, 0.25) is 0 Å². The number of hydrogen-bond acceptors (Lipinski definition) is 3. The molecule has 0 fully saturated rings. The predicted molar refractivity (Wildman–Crippen MR) is 68.7 cm³/mol. The average molecular weight is 227 g/mol. The fourth-order valence-corrected chi connectivity index (χ4v) is 1.79. The summed E-state index contributed by atoms with van der Waals surface area (Å²) in [5, 5.41) is 3.37. The number of rotatable bonds is 6. The molecule has 1 rings (SSSR count). The quantitative estimate of drug-likeness (QED) is 0.758. The highest BCUT2D eigenvalue weighted by Gasteiger charge is 2.05. The first-order valence-corrected chi connectivity index (χ1v) is 6.79. The first kappa shape index (κ1) is 12.4. The van der Waals surface area contributed by atoms with Gasteiger partial charge < -0.3 is 9.88 Å². The van der Waals surface area contributed by atoms with E-state index in [0.717, 1.165) is 30.5 Å². The normalized spacial score (nSPS) is 11.0. The molecule has 0 aliphatic rings. The van der Waals surface area contributed by atoms with Gasteiger partial charge in [0.2, 0.25) is 5.95 Å². The summed E-state index contributed by atoms with van der Waals surface area (Å²) in [5.74, 6) is 2.78. The van der Waals surface area contributed by atoms with E-state index in [-0.39, 0.29) is 0 Å². The summed E-state index contributed by atoms with van der Waals surface area (Å²) in [4.78, 5) is 4.48. The Kier molecular flexibility index (Phi) is 5.02. The number of imidazole rings is 1. The fraction of sp³-hybridized carbons (Fsp3) is 0.727. The third kappa shape index (κ3) is 4.16. The second-order valence-electron chi connectivity index (χ2n) is 4.17. The van der Waals surface area contributed by atoms with E-state index >= 15 is 0 Å². The van der Waals surface area contributed by atoms with Gasteiger partial charge in [-0.25, -0.2) is 4.98 Å². The molecule has 15 heavy (non-hydrogen) atoms. The summed E-state index contributed by atoms with van der Waals surface area (Å²) in [6.07, 6.45) is 4.23. The van der Waals surface area contributed by atoms with Gasteiger partial charge in [0.25, 0.3) is 0 Å². The number of nitrogens with one attached hydrogen (secondary N) is 1. The number of aryl methyl sites for hydroxylation is 1. The Morgan fingerprint density at radius 3 is 2.87 bits per heavy atom. The Bertz CT molecular complexity index is 294. The Labute approximate surface area is 96.7 Å². The van der Waals surface area contributed by atoms with Crippen LogP contribution in [0.3, 0.4) is 0 Å². The minimum atomic E-state index is 0.653. The molecule has 1 aromatic rings. The van der Waals surface area contributed by atoms with Gasteiger partial charge in [0.1, 0.15) is 0 Å². The number of aromatic nitrogens is 2. The zero-order valence-corrected chi connectivity index (χ0v) is 10.9. The predicted octanol–water partition coefficient (Wildman–Crippen LogP) is 2.62. The lowest BCUT2D eigenvalue weighted by Crippen LogP contribution is -2.12. The molecule has 0 unspecified atom stereocenters. The highest BCUT2D eigenvalue weighted by molar-refractivity contribution is 7.98. The van der Waals surface area contributed by atoms with Crippen molar-refractivity contribution in [2.45, 2.75) is 27.3 Å². The monoisotopic (exact) mass is 227 g/mol. The van der Waals surface area contributed by atoms with Crippen molar-refractivity contribution in [3.63, 3.8) is 0 Å². The Balaban J connectivity index is 2.59. The molecule has 0 spiro atoms. The van der Waals surface area contributed by atoms with E-state index in [4.69, 9.17) is 0 Å². The molecule has 0 aromatic carbocycles. The third-order valence-electron chi connectivity index (χ3n) is 2.05. The molecule has 0 amide bonds. The van der Waals surface area contributed by atoms with Gasteiger partial charge in [0.05, 0.1) is 5.69 Å². The van der Waals surface area contributed by atoms with Crippen LogP contribution in [0, 0.1) is 12.8 Å². The Morgan fingerprint density at radius 2 is 2.27 bits per heavy atom. The smallest absolute Gasteiger partial charge is 0.203 e. The average Bonchev–Trinajstić information content (AvgIpc) is 2.46. The Morgan fingerprint density at radius 1 is 1.53 bits per heavy atom. The summed E-state index contributed by atoms with van der Waals surface area (Å²) in [6, 6.07) is 0. The molecule has 0 aliphatic carbocycles. The van der Waals surface area contributed by atoms with Gasteiger partial charge in [-0.1, -0.05) is 13.8 Å². The van der Waals surface area contributed by atoms with E-state index < -0.39 is 0 Å². The van der Waals surface area contributed by atoms with E-state index in [0.29, 0.717) is 5.92 Å². The molecule has 4 heteroatoms. The minimum Gasteiger partial charge on any atom is -0.355 e. The van der Waals surface area contributed by atoms with Gasteiger partial charge >= 0.3 is 0 Å². The van der Waals surface area contributed by atoms with E-state index in [1.54, 1.807) is 0 Å². The van der Waals surface area contributed by atoms with Crippen LogP contribution in [0.25, 0.3) is 0 Å². The standard InChI is InChI=1S/C11H21N3S/c1-9(2)7-14-8-10(3)13-11(14)12-5-6-15-4/h8-9H,5-7H2,1-4H3,(H,12,13). The summed E-state index contributed by atoms with van der Waals surface area (Å²) in [5.41, 5.74) is 1.09. The number of thioether (sulfide) groups is 1. The van der Waals surface area contributed by atoms with E-state index in [1.165, 1.54) is 0 Å². The van der Waals surface area contributed by atoms with E-state index in [1.807, 2.05) is 18.7 Å². The molecular weight excluding hydrogens is 206 g/mol. The number of hydrogen-bond donors (Lipinski definition) is 1. The van der Waals surface area contributed by atoms with Crippen molar-refractivity contribution in [1.82, 2.24) is 9.55 Å². The molecule has 3 nitrogen and oxygen atoms in total. The zero-order valence-electron chi connectivity index (χ0n) is 10.1. The van der Waals surface area contributed by atoms with Gasteiger partial charge in [-0.2, -0.15) is 11.8 Å². The summed E-state index contributed by atoms with van der Waals surface area (Å²) < 4.78 is 2.21. The van der Waals surface area contributed by atoms with Crippen LogP contribution < -0.4 is 5.32 Å². The topological polar surface area (TPSA) is 29.9 Å². The molecule has 0 saturated carbocycles. The number of nitrogens with zero attached hydrogens (tertiary/aromatic N) is 2. The molecule has 1 aromatic heterocycles. The molecule has 0 bridgehead atoms. The Hall–Kier alpha value is -0.640. The summed E-state index contributed by atoms with van der Waals surface area (Å²) >= 11 is 1.85.